The first-order valence-electron chi connectivity index (χ1n) is 7.14. The van der Waals surface area contributed by atoms with Gasteiger partial charge in [-0.2, -0.15) is 0 Å². The number of nitrogens with two attached hydrogens (primary N) is 1. The van der Waals surface area contributed by atoms with Crippen molar-refractivity contribution in [3.63, 3.8) is 0 Å². The molecule has 4 nitrogen and oxygen atoms in total. The van der Waals surface area contributed by atoms with Gasteiger partial charge in [0, 0.05) is 17.8 Å². The van der Waals surface area contributed by atoms with E-state index in [1.165, 1.54) is 30.2 Å². The highest BCUT2D eigenvalue weighted by Gasteiger charge is 2.19. The van der Waals surface area contributed by atoms with Crippen molar-refractivity contribution < 1.29 is 9.18 Å². The lowest BCUT2D eigenvalue weighted by atomic mass is 10.2. The van der Waals surface area contributed by atoms with E-state index in [4.69, 9.17) is 5.73 Å². The highest BCUT2D eigenvalue weighted by molar-refractivity contribution is 7.21. The molecule has 0 unspecified atom stereocenters. The van der Waals surface area contributed by atoms with Crippen LogP contribution in [0.25, 0.3) is 10.1 Å². The van der Waals surface area contributed by atoms with Crippen LogP contribution in [-0.2, 0) is 0 Å². The van der Waals surface area contributed by atoms with Crippen LogP contribution in [0.1, 0.15) is 22.5 Å². The summed E-state index contributed by atoms with van der Waals surface area (Å²) in [5.41, 5.74) is 6.18. The van der Waals surface area contributed by atoms with Gasteiger partial charge >= 0.3 is 0 Å². The third kappa shape index (κ3) is 2.87. The minimum absolute atomic E-state index is 0.215. The molecule has 3 rings (SSSR count). The summed E-state index contributed by atoms with van der Waals surface area (Å²) in [7, 11) is 0. The van der Waals surface area contributed by atoms with Crippen LogP contribution in [0.2, 0.25) is 0 Å². The van der Waals surface area contributed by atoms with Gasteiger partial charge in [0.15, 0.2) is 0 Å². The van der Waals surface area contributed by atoms with E-state index in [9.17, 15) is 9.18 Å². The molecule has 0 radical (unpaired) electrons. The van der Waals surface area contributed by atoms with E-state index >= 15 is 0 Å². The zero-order chi connectivity index (χ0) is 14.8. The molecule has 0 aliphatic carbocycles. The quantitative estimate of drug-likeness (QED) is 0.912. The average Bonchev–Trinajstić information content (AvgIpc) is 3.08. The molecule has 21 heavy (non-hydrogen) atoms. The van der Waals surface area contributed by atoms with Gasteiger partial charge in [0.2, 0.25) is 0 Å². The molecule has 2 aromatic rings. The maximum absolute atomic E-state index is 13.8. The Morgan fingerprint density at radius 1 is 1.38 bits per heavy atom. The minimum atomic E-state index is -0.377. The van der Waals surface area contributed by atoms with Crippen LogP contribution >= 0.6 is 11.3 Å². The van der Waals surface area contributed by atoms with Crippen molar-refractivity contribution in [2.24, 2.45) is 0 Å². The molecule has 0 saturated carbocycles. The van der Waals surface area contributed by atoms with Crippen LogP contribution < -0.4 is 11.1 Å². The zero-order valence-corrected chi connectivity index (χ0v) is 12.5. The molecule has 112 valence electrons. The normalized spacial score (nSPS) is 15.7. The van der Waals surface area contributed by atoms with Crippen LogP contribution in [0.3, 0.4) is 0 Å². The number of halogens is 1. The number of hydrogen-bond donors (Lipinski definition) is 2. The van der Waals surface area contributed by atoms with Crippen LogP contribution in [0, 0.1) is 5.82 Å². The van der Waals surface area contributed by atoms with Gasteiger partial charge in [-0.1, -0.05) is 6.07 Å². The Bertz CT molecular complexity index is 664. The van der Waals surface area contributed by atoms with Crippen LogP contribution in [0.4, 0.5) is 10.1 Å². The lowest BCUT2D eigenvalue weighted by molar-refractivity contribution is 0.0954. The van der Waals surface area contributed by atoms with E-state index in [2.05, 4.69) is 10.2 Å². The number of amides is 1. The van der Waals surface area contributed by atoms with E-state index in [-0.39, 0.29) is 17.4 Å². The molecule has 1 aromatic heterocycles. The van der Waals surface area contributed by atoms with Crippen LogP contribution in [0.15, 0.2) is 18.2 Å². The Labute approximate surface area is 126 Å². The van der Waals surface area contributed by atoms with Crippen molar-refractivity contribution in [1.82, 2.24) is 10.2 Å². The number of carbonyl (C=O) groups excluding carboxylic acids is 1. The van der Waals surface area contributed by atoms with Gasteiger partial charge in [-0.25, -0.2) is 4.39 Å². The number of anilines is 1. The van der Waals surface area contributed by atoms with Gasteiger partial charge in [-0.3, -0.25) is 4.79 Å². The summed E-state index contributed by atoms with van der Waals surface area (Å²) in [5, 5.41) is 3.23. The SMILES string of the molecule is Nc1c(C(=O)NCCN2CCCC2)sc2cccc(F)c12. The molecule has 0 spiro atoms. The summed E-state index contributed by atoms with van der Waals surface area (Å²) in [5.74, 6) is -0.593. The molecule has 1 aliphatic heterocycles. The molecular formula is C15H18FN3OS. The third-order valence-electron chi connectivity index (χ3n) is 3.82. The summed E-state index contributed by atoms with van der Waals surface area (Å²) in [6.45, 7) is 3.65. The topological polar surface area (TPSA) is 58.4 Å². The second kappa shape index (κ2) is 5.99. The lowest BCUT2D eigenvalue weighted by Crippen LogP contribution is -2.33. The second-order valence-electron chi connectivity index (χ2n) is 5.26. The smallest absolute Gasteiger partial charge is 0.263 e. The molecule has 0 bridgehead atoms. The number of likely N-dealkylation sites (tertiary alicyclic amines) is 1. The van der Waals surface area contributed by atoms with Crippen molar-refractivity contribution in [1.29, 1.82) is 0 Å². The number of rotatable bonds is 4. The zero-order valence-electron chi connectivity index (χ0n) is 11.7. The Hall–Kier alpha value is -1.66. The van der Waals surface area contributed by atoms with Gasteiger partial charge in [0.1, 0.15) is 10.7 Å². The molecule has 2 heterocycles. The molecule has 3 N–H and O–H groups in total. The monoisotopic (exact) mass is 307 g/mol. The van der Waals surface area contributed by atoms with Gasteiger partial charge in [0.05, 0.1) is 11.1 Å². The fourth-order valence-corrected chi connectivity index (χ4v) is 3.76. The Morgan fingerprint density at radius 3 is 2.86 bits per heavy atom. The Morgan fingerprint density at radius 2 is 2.14 bits per heavy atom. The number of fused-ring (bicyclic) bond motifs is 1. The number of nitrogens with zero attached hydrogens (tertiary/aromatic N) is 1. The number of nitrogen functional groups attached to an aromatic ring is 1. The van der Waals surface area contributed by atoms with Crippen molar-refractivity contribution in [3.05, 3.63) is 28.9 Å². The molecule has 0 atom stereocenters. The van der Waals surface area contributed by atoms with E-state index in [1.807, 2.05) is 0 Å². The first-order chi connectivity index (χ1) is 10.2. The minimum Gasteiger partial charge on any atom is -0.397 e. The first kappa shape index (κ1) is 14.3. The maximum Gasteiger partial charge on any atom is 0.263 e. The standard InChI is InChI=1S/C15H18FN3OS/c16-10-4-3-5-11-12(10)13(17)14(21-11)15(20)18-6-9-19-7-1-2-8-19/h3-5H,1-2,6-9,17H2,(H,18,20). The van der Waals surface area contributed by atoms with Crippen LogP contribution in [0.5, 0.6) is 0 Å². The summed E-state index contributed by atoms with van der Waals surface area (Å²) >= 11 is 1.24. The molecule has 1 fully saturated rings. The van der Waals surface area contributed by atoms with Crippen LogP contribution in [-0.4, -0.2) is 37.0 Å². The number of hydrogen-bond acceptors (Lipinski definition) is 4. The van der Waals surface area contributed by atoms with E-state index in [0.717, 1.165) is 19.6 Å². The predicted molar refractivity (Wildman–Crippen MR) is 84.2 cm³/mol. The summed E-state index contributed by atoms with van der Waals surface area (Å²) in [6.07, 6.45) is 2.47. The van der Waals surface area contributed by atoms with Gasteiger partial charge < -0.3 is 16.0 Å². The van der Waals surface area contributed by atoms with E-state index in [1.54, 1.807) is 12.1 Å². The maximum atomic E-state index is 13.8. The number of thiophene rings is 1. The highest BCUT2D eigenvalue weighted by atomic mass is 32.1. The molecule has 1 aromatic carbocycles. The average molecular weight is 307 g/mol. The fourth-order valence-electron chi connectivity index (χ4n) is 2.71. The Kier molecular flexibility index (Phi) is 4.07. The van der Waals surface area contributed by atoms with Gasteiger partial charge in [-0.15, -0.1) is 11.3 Å². The number of benzene rings is 1. The van der Waals surface area contributed by atoms with Crippen molar-refractivity contribution >= 4 is 33.0 Å². The fraction of sp³-hybridized carbons (Fsp3) is 0.400. The largest absolute Gasteiger partial charge is 0.397 e. The van der Waals surface area contributed by atoms with E-state index in [0.29, 0.717) is 21.5 Å². The Balaban J connectivity index is 1.69. The first-order valence-corrected chi connectivity index (χ1v) is 7.95. The second-order valence-corrected chi connectivity index (χ2v) is 6.31. The molecule has 6 heteroatoms. The highest BCUT2D eigenvalue weighted by Crippen LogP contribution is 2.35. The molecule has 1 aliphatic rings. The van der Waals surface area contributed by atoms with Gasteiger partial charge in [0.25, 0.3) is 5.91 Å². The van der Waals surface area contributed by atoms with Crippen molar-refractivity contribution in [2.75, 3.05) is 31.9 Å². The third-order valence-corrected chi connectivity index (χ3v) is 4.99. The van der Waals surface area contributed by atoms with Gasteiger partial charge in [-0.05, 0) is 38.1 Å². The van der Waals surface area contributed by atoms with Crippen molar-refractivity contribution in [3.8, 4) is 0 Å². The summed E-state index contributed by atoms with van der Waals surface area (Å²) < 4.78 is 14.5. The molecule has 1 amide bonds. The number of nitrogens with one attached hydrogen (secondary N) is 1. The summed E-state index contributed by atoms with van der Waals surface area (Å²) in [6, 6.07) is 4.77. The summed E-state index contributed by atoms with van der Waals surface area (Å²) in [4.78, 5) is 14.9. The molecular weight excluding hydrogens is 289 g/mol. The number of carbonyl (C=O) groups is 1. The molecule has 1 saturated heterocycles. The van der Waals surface area contributed by atoms with E-state index < -0.39 is 0 Å². The predicted octanol–water partition coefficient (Wildman–Crippen LogP) is 2.45. The van der Waals surface area contributed by atoms with Crippen molar-refractivity contribution in [2.45, 2.75) is 12.8 Å². The lowest BCUT2D eigenvalue weighted by Gasteiger charge is -2.14.